The maximum atomic E-state index is 13.2. The van der Waals surface area contributed by atoms with Crippen LogP contribution in [0.2, 0.25) is 0 Å². The first-order valence-electron chi connectivity index (χ1n) is 12.8. The standard InChI is InChI=1S/C27H32BN5O5/c1-3-9-33(10-4-2)27(36)19-11-17-5-6-18(12-23(17)32-25(29)13-19)26(35)31-20-7-8-21-22(14-20)28(37)38-24(21)15-30-16-34/h5-8,11-12,14,16,24,37H,3-4,9-10,13,15H2,1-2H3,(H2,29,32)(H,30,34)(H,31,35). The Morgan fingerprint density at radius 1 is 1.21 bits per heavy atom. The summed E-state index contributed by atoms with van der Waals surface area (Å²) >= 11 is 0. The summed E-state index contributed by atoms with van der Waals surface area (Å²) in [7, 11) is -1.15. The molecule has 2 aromatic rings. The molecule has 2 aliphatic rings. The van der Waals surface area contributed by atoms with Crippen LogP contribution in [0, 0.1) is 0 Å². The van der Waals surface area contributed by atoms with Crippen LogP contribution in [0.1, 0.15) is 60.7 Å². The predicted octanol–water partition coefficient (Wildman–Crippen LogP) is 1.87. The van der Waals surface area contributed by atoms with Crippen LogP contribution in [0.4, 0.5) is 11.4 Å². The first-order valence-corrected chi connectivity index (χ1v) is 12.8. The number of nitrogens with zero attached hydrogens (tertiary/aromatic N) is 2. The van der Waals surface area contributed by atoms with Crippen LogP contribution >= 0.6 is 0 Å². The summed E-state index contributed by atoms with van der Waals surface area (Å²) in [5.74, 6) is -0.107. The summed E-state index contributed by atoms with van der Waals surface area (Å²) < 4.78 is 5.49. The molecule has 0 saturated carbocycles. The monoisotopic (exact) mass is 517 g/mol. The maximum Gasteiger partial charge on any atom is 0.492 e. The molecule has 0 bridgehead atoms. The fourth-order valence-corrected chi connectivity index (χ4v) is 4.71. The van der Waals surface area contributed by atoms with Gasteiger partial charge in [0.25, 0.3) is 5.91 Å². The van der Waals surface area contributed by atoms with Crippen molar-refractivity contribution in [3.05, 3.63) is 58.7 Å². The number of amidine groups is 1. The first kappa shape index (κ1) is 27.1. The highest BCUT2D eigenvalue weighted by Crippen LogP contribution is 2.29. The number of anilines is 1. The van der Waals surface area contributed by atoms with E-state index in [2.05, 4.69) is 15.6 Å². The first-order chi connectivity index (χ1) is 18.3. The van der Waals surface area contributed by atoms with Gasteiger partial charge in [-0.05, 0) is 54.2 Å². The molecule has 38 heavy (non-hydrogen) atoms. The van der Waals surface area contributed by atoms with Gasteiger partial charge in [-0.2, -0.15) is 0 Å². The van der Waals surface area contributed by atoms with Crippen molar-refractivity contribution in [2.75, 3.05) is 25.0 Å². The number of aliphatic imine (C=N–C) groups is 1. The predicted molar refractivity (Wildman–Crippen MR) is 147 cm³/mol. The lowest BCUT2D eigenvalue weighted by Crippen LogP contribution is -2.34. The zero-order chi connectivity index (χ0) is 27.2. The van der Waals surface area contributed by atoms with Gasteiger partial charge >= 0.3 is 7.12 Å². The van der Waals surface area contributed by atoms with Gasteiger partial charge in [0, 0.05) is 48.4 Å². The summed E-state index contributed by atoms with van der Waals surface area (Å²) in [5.41, 5.74) is 10.1. The van der Waals surface area contributed by atoms with Crippen molar-refractivity contribution in [1.82, 2.24) is 10.2 Å². The lowest BCUT2D eigenvalue weighted by molar-refractivity contribution is -0.127. The Morgan fingerprint density at radius 3 is 2.68 bits per heavy atom. The average Bonchev–Trinajstić information content (AvgIpc) is 3.10. The van der Waals surface area contributed by atoms with Crippen LogP contribution in [-0.4, -0.2) is 60.7 Å². The number of fused-ring (bicyclic) bond motifs is 2. The number of nitrogens with one attached hydrogen (secondary N) is 2. The summed E-state index contributed by atoms with van der Waals surface area (Å²) in [6.45, 7) is 5.66. The number of amides is 3. The van der Waals surface area contributed by atoms with Crippen molar-refractivity contribution in [2.24, 2.45) is 10.7 Å². The van der Waals surface area contributed by atoms with E-state index in [-0.39, 0.29) is 24.8 Å². The Kier molecular flexibility index (Phi) is 8.60. The van der Waals surface area contributed by atoms with Crippen LogP contribution in [-0.2, 0) is 14.2 Å². The molecule has 0 spiro atoms. The normalized spacial score (nSPS) is 16.0. The third-order valence-electron chi connectivity index (χ3n) is 6.44. The van der Waals surface area contributed by atoms with Gasteiger partial charge in [0.2, 0.25) is 12.3 Å². The molecule has 0 aromatic heterocycles. The Labute approximate surface area is 222 Å². The van der Waals surface area contributed by atoms with Gasteiger partial charge in [-0.1, -0.05) is 26.0 Å². The van der Waals surface area contributed by atoms with Gasteiger partial charge < -0.3 is 30.9 Å². The van der Waals surface area contributed by atoms with Crippen LogP contribution in [0.5, 0.6) is 0 Å². The number of benzene rings is 2. The number of hydrogen-bond acceptors (Lipinski definition) is 7. The molecule has 0 radical (unpaired) electrons. The second-order valence-electron chi connectivity index (χ2n) is 9.32. The number of hydrogen-bond donors (Lipinski definition) is 4. The Bertz CT molecular complexity index is 1290. The topological polar surface area (TPSA) is 146 Å². The molecule has 4 rings (SSSR count). The van der Waals surface area contributed by atoms with Crippen molar-refractivity contribution in [2.45, 2.75) is 39.2 Å². The SMILES string of the molecule is CCCN(CCC)C(=O)C1=Cc2ccc(C(=O)Nc3ccc4c(c3)B(O)OC4CNC=O)cc2N=C(N)C1. The van der Waals surface area contributed by atoms with Crippen molar-refractivity contribution in [3.63, 3.8) is 0 Å². The number of carbonyl (C=O) groups excluding carboxylic acids is 3. The molecule has 1 unspecified atom stereocenters. The highest BCUT2D eigenvalue weighted by molar-refractivity contribution is 6.62. The third-order valence-corrected chi connectivity index (χ3v) is 6.44. The summed E-state index contributed by atoms with van der Waals surface area (Å²) in [5, 5.41) is 15.6. The fraction of sp³-hybridized carbons (Fsp3) is 0.333. The van der Waals surface area contributed by atoms with Crippen molar-refractivity contribution >= 4 is 54.1 Å². The highest BCUT2D eigenvalue weighted by atomic mass is 16.5. The van der Waals surface area contributed by atoms with E-state index in [1.165, 1.54) is 0 Å². The molecule has 2 aliphatic heterocycles. The lowest BCUT2D eigenvalue weighted by Gasteiger charge is -2.22. The average molecular weight is 517 g/mol. The molecule has 0 fully saturated rings. The lowest BCUT2D eigenvalue weighted by atomic mass is 9.79. The Balaban J connectivity index is 1.54. The highest BCUT2D eigenvalue weighted by Gasteiger charge is 2.35. The quantitative estimate of drug-likeness (QED) is 0.280. The van der Waals surface area contributed by atoms with Crippen LogP contribution in [0.15, 0.2) is 47.0 Å². The molecule has 0 aliphatic carbocycles. The van der Waals surface area contributed by atoms with E-state index in [0.29, 0.717) is 58.9 Å². The molecule has 5 N–H and O–H groups in total. The number of nitrogens with two attached hydrogens (primary N) is 1. The summed E-state index contributed by atoms with van der Waals surface area (Å²) in [6, 6.07) is 10.2. The molecule has 11 heteroatoms. The van der Waals surface area contributed by atoms with E-state index in [1.807, 2.05) is 18.7 Å². The van der Waals surface area contributed by atoms with E-state index < -0.39 is 13.2 Å². The van der Waals surface area contributed by atoms with E-state index in [0.717, 1.165) is 18.4 Å². The van der Waals surface area contributed by atoms with Gasteiger partial charge in [0.1, 0.15) is 5.84 Å². The van der Waals surface area contributed by atoms with E-state index >= 15 is 0 Å². The van der Waals surface area contributed by atoms with Crippen molar-refractivity contribution in [3.8, 4) is 0 Å². The molecular weight excluding hydrogens is 485 g/mol. The molecule has 10 nitrogen and oxygen atoms in total. The minimum atomic E-state index is -1.15. The largest absolute Gasteiger partial charge is 0.492 e. The fourth-order valence-electron chi connectivity index (χ4n) is 4.71. The van der Waals surface area contributed by atoms with Gasteiger partial charge in [-0.15, -0.1) is 0 Å². The zero-order valence-corrected chi connectivity index (χ0v) is 21.6. The minimum Gasteiger partial charge on any atom is -0.423 e. The Morgan fingerprint density at radius 2 is 1.97 bits per heavy atom. The zero-order valence-electron chi connectivity index (χ0n) is 21.6. The minimum absolute atomic E-state index is 0.0477. The maximum absolute atomic E-state index is 13.2. The summed E-state index contributed by atoms with van der Waals surface area (Å²) in [4.78, 5) is 43.1. The number of rotatable bonds is 10. The van der Waals surface area contributed by atoms with Crippen LogP contribution in [0.3, 0.4) is 0 Å². The second-order valence-corrected chi connectivity index (χ2v) is 9.32. The molecule has 2 aromatic carbocycles. The van der Waals surface area contributed by atoms with E-state index in [1.54, 1.807) is 42.5 Å². The number of carbonyl (C=O) groups is 3. The summed E-state index contributed by atoms with van der Waals surface area (Å²) in [6.07, 6.45) is 3.88. The van der Waals surface area contributed by atoms with Crippen LogP contribution in [0.25, 0.3) is 6.08 Å². The van der Waals surface area contributed by atoms with Gasteiger partial charge in [-0.25, -0.2) is 4.99 Å². The van der Waals surface area contributed by atoms with Crippen LogP contribution < -0.4 is 21.8 Å². The molecule has 3 amide bonds. The molecule has 1 atom stereocenters. The molecular formula is C27H32BN5O5. The smallest absolute Gasteiger partial charge is 0.423 e. The van der Waals surface area contributed by atoms with E-state index in [9.17, 15) is 19.4 Å². The van der Waals surface area contributed by atoms with Gasteiger partial charge in [-0.3, -0.25) is 14.4 Å². The van der Waals surface area contributed by atoms with Gasteiger partial charge in [0.15, 0.2) is 0 Å². The van der Waals surface area contributed by atoms with E-state index in [4.69, 9.17) is 10.4 Å². The molecule has 0 saturated heterocycles. The molecule has 198 valence electrons. The Hall–Kier alpha value is -3.96. The van der Waals surface area contributed by atoms with Crippen molar-refractivity contribution < 1.29 is 24.1 Å². The van der Waals surface area contributed by atoms with Gasteiger partial charge in [0.05, 0.1) is 11.8 Å². The molecule has 2 heterocycles. The second kappa shape index (κ2) is 12.1. The van der Waals surface area contributed by atoms with Crippen molar-refractivity contribution in [1.29, 1.82) is 0 Å². The third kappa shape index (κ3) is 5.95.